The highest BCUT2D eigenvalue weighted by Gasteiger charge is 2.51. The molecule has 3 heterocycles. The molecular weight excluding hydrogens is 548 g/mol. The number of carbonyl (C=O) groups excluding carboxylic acids is 4. The first-order valence-corrected chi connectivity index (χ1v) is 15.1. The number of rotatable bonds is 8. The number of amides is 4. The van der Waals surface area contributed by atoms with Crippen LogP contribution in [0.25, 0.3) is 10.9 Å². The largest absolute Gasteiger partial charge is 0.366 e. The van der Waals surface area contributed by atoms with Gasteiger partial charge in [0.2, 0.25) is 21.8 Å². The zero-order valence-electron chi connectivity index (χ0n) is 22.4. The highest BCUT2D eigenvalue weighted by molar-refractivity contribution is 7.91. The lowest BCUT2D eigenvalue weighted by Gasteiger charge is -2.34. The maximum absolute atomic E-state index is 13.7. The first kappa shape index (κ1) is 26.9. The Balaban J connectivity index is 1.25. The number of nitrogens with zero attached hydrogens (tertiary/aromatic N) is 3. The summed E-state index contributed by atoms with van der Waals surface area (Å²) in [5.74, 6) is -1.65. The highest BCUT2D eigenvalue weighted by atomic mass is 32.2. The predicted molar refractivity (Wildman–Crippen MR) is 149 cm³/mol. The van der Waals surface area contributed by atoms with Gasteiger partial charge < -0.3 is 20.5 Å². The van der Waals surface area contributed by atoms with Crippen LogP contribution >= 0.6 is 0 Å². The van der Waals surface area contributed by atoms with Gasteiger partial charge >= 0.3 is 0 Å². The normalized spacial score (nSPS) is 21.7. The number of nitrogens with one attached hydrogen (secondary N) is 2. The Hall–Kier alpha value is -4.26. The van der Waals surface area contributed by atoms with Crippen molar-refractivity contribution in [2.75, 3.05) is 5.32 Å². The molecule has 4 amide bonds. The van der Waals surface area contributed by atoms with Gasteiger partial charge in [-0.3, -0.25) is 19.2 Å². The van der Waals surface area contributed by atoms with Crippen LogP contribution < -0.4 is 15.8 Å². The predicted octanol–water partition coefficient (Wildman–Crippen LogP) is 1.68. The summed E-state index contributed by atoms with van der Waals surface area (Å²) >= 11 is 0. The molecule has 3 fully saturated rings. The molecule has 2 aliphatic carbocycles. The van der Waals surface area contributed by atoms with E-state index in [9.17, 15) is 27.6 Å². The summed E-state index contributed by atoms with van der Waals surface area (Å²) in [7, 11) is -3.76. The number of benzene rings is 1. The van der Waals surface area contributed by atoms with Crippen molar-refractivity contribution in [1.82, 2.24) is 19.2 Å². The fourth-order valence-corrected chi connectivity index (χ4v) is 7.44. The van der Waals surface area contributed by atoms with E-state index in [4.69, 9.17) is 5.73 Å². The summed E-state index contributed by atoms with van der Waals surface area (Å²) < 4.78 is 28.1. The third kappa shape index (κ3) is 5.05. The molecule has 4 N–H and O–H groups in total. The highest BCUT2D eigenvalue weighted by Crippen LogP contribution is 2.43. The van der Waals surface area contributed by atoms with Crippen LogP contribution in [0.2, 0.25) is 0 Å². The summed E-state index contributed by atoms with van der Waals surface area (Å²) in [4.78, 5) is 58.0. The van der Waals surface area contributed by atoms with Gasteiger partial charge in [0.25, 0.3) is 11.8 Å². The van der Waals surface area contributed by atoms with Crippen molar-refractivity contribution in [2.24, 2.45) is 11.7 Å². The number of likely N-dealkylation sites (tertiary alicyclic amines) is 1. The number of nitrogens with two attached hydrogens (primary N) is 1. The summed E-state index contributed by atoms with van der Waals surface area (Å²) in [5.41, 5.74) is 6.99. The van der Waals surface area contributed by atoms with E-state index < -0.39 is 33.1 Å². The Bertz CT molecular complexity index is 1710. The van der Waals surface area contributed by atoms with Gasteiger partial charge in [-0.25, -0.2) is 18.1 Å². The van der Waals surface area contributed by atoms with Gasteiger partial charge in [0.1, 0.15) is 18.4 Å². The molecule has 2 saturated carbocycles. The van der Waals surface area contributed by atoms with E-state index in [1.165, 1.54) is 18.3 Å². The van der Waals surface area contributed by atoms with E-state index in [0.717, 1.165) is 25.0 Å². The third-order valence-corrected chi connectivity index (χ3v) is 10.0. The van der Waals surface area contributed by atoms with Crippen molar-refractivity contribution in [3.63, 3.8) is 0 Å². The topological polar surface area (TPSA) is 174 Å². The summed E-state index contributed by atoms with van der Waals surface area (Å²) in [6.45, 7) is 1.68. The number of aryl methyl sites for hydroxylation is 1. The van der Waals surface area contributed by atoms with Crippen molar-refractivity contribution >= 4 is 50.4 Å². The van der Waals surface area contributed by atoms with Crippen LogP contribution in [-0.2, 0) is 26.2 Å². The maximum Gasteiger partial charge on any atom is 0.264 e. The SMILES string of the molecule is Cc1cccc(NC(=O)C2[C@H]3CC[C@H](C3)N2C(=O)Cn2cc(C(N)=O)c3cc(C(=O)NS(=O)(=O)C4CC4)ccc32)n1. The minimum atomic E-state index is -3.76. The molecule has 12 nitrogen and oxygen atoms in total. The number of hydrogen-bond acceptors (Lipinski definition) is 7. The Morgan fingerprint density at radius 2 is 1.85 bits per heavy atom. The Kier molecular flexibility index (Phi) is 6.56. The zero-order chi connectivity index (χ0) is 29.1. The Labute approximate surface area is 236 Å². The Morgan fingerprint density at radius 1 is 1.07 bits per heavy atom. The van der Waals surface area contributed by atoms with Crippen molar-refractivity contribution in [3.05, 3.63) is 59.4 Å². The number of sulfonamides is 1. The molecule has 214 valence electrons. The van der Waals surface area contributed by atoms with Gasteiger partial charge in [0.05, 0.1) is 10.8 Å². The van der Waals surface area contributed by atoms with Crippen LogP contribution in [0.3, 0.4) is 0 Å². The molecule has 2 bridgehead atoms. The van der Waals surface area contributed by atoms with Crippen LogP contribution in [0.1, 0.15) is 58.5 Å². The van der Waals surface area contributed by atoms with Gasteiger partial charge in [-0.15, -0.1) is 0 Å². The molecule has 1 unspecified atom stereocenters. The van der Waals surface area contributed by atoms with Gasteiger partial charge in [0.15, 0.2) is 0 Å². The van der Waals surface area contributed by atoms with Crippen molar-refractivity contribution in [1.29, 1.82) is 0 Å². The van der Waals surface area contributed by atoms with Crippen molar-refractivity contribution in [3.8, 4) is 0 Å². The number of anilines is 1. The summed E-state index contributed by atoms with van der Waals surface area (Å²) in [6, 6.07) is 9.03. The molecule has 0 radical (unpaired) electrons. The van der Waals surface area contributed by atoms with E-state index in [1.54, 1.807) is 27.7 Å². The van der Waals surface area contributed by atoms with Gasteiger partial charge in [-0.1, -0.05) is 6.07 Å². The lowest BCUT2D eigenvalue weighted by atomic mass is 9.97. The average molecular weight is 579 g/mol. The number of primary amides is 1. The number of aromatic nitrogens is 2. The second-order valence-corrected chi connectivity index (χ2v) is 13.0. The van der Waals surface area contributed by atoms with Crippen LogP contribution in [0.4, 0.5) is 5.82 Å². The molecule has 1 aromatic carbocycles. The van der Waals surface area contributed by atoms with Crippen LogP contribution in [0, 0.1) is 12.8 Å². The summed E-state index contributed by atoms with van der Waals surface area (Å²) in [6.07, 6.45) is 4.87. The monoisotopic (exact) mass is 578 g/mol. The van der Waals surface area contributed by atoms with E-state index in [0.29, 0.717) is 29.6 Å². The second-order valence-electron chi connectivity index (χ2n) is 11.1. The van der Waals surface area contributed by atoms with E-state index in [2.05, 4.69) is 15.0 Å². The molecule has 1 aliphatic heterocycles. The first-order valence-electron chi connectivity index (χ1n) is 13.6. The van der Waals surface area contributed by atoms with Crippen molar-refractivity contribution in [2.45, 2.75) is 62.9 Å². The minimum Gasteiger partial charge on any atom is -0.366 e. The molecule has 1 saturated heterocycles. The van der Waals surface area contributed by atoms with Crippen LogP contribution in [0.5, 0.6) is 0 Å². The number of hydrogen-bond donors (Lipinski definition) is 3. The van der Waals surface area contributed by atoms with Gasteiger partial charge in [0, 0.05) is 34.4 Å². The smallest absolute Gasteiger partial charge is 0.264 e. The lowest BCUT2D eigenvalue weighted by molar-refractivity contribution is -0.141. The van der Waals surface area contributed by atoms with E-state index in [1.807, 2.05) is 13.0 Å². The molecule has 41 heavy (non-hydrogen) atoms. The quantitative estimate of drug-likeness (QED) is 0.365. The van der Waals surface area contributed by atoms with Gasteiger partial charge in [-0.2, -0.15) is 0 Å². The third-order valence-electron chi connectivity index (χ3n) is 8.19. The molecule has 6 rings (SSSR count). The molecule has 13 heteroatoms. The minimum absolute atomic E-state index is 0.0457. The molecule has 0 spiro atoms. The molecule has 3 atom stereocenters. The molecule has 2 aromatic heterocycles. The molecule has 3 aromatic rings. The van der Waals surface area contributed by atoms with E-state index >= 15 is 0 Å². The molecular formula is C28H30N6O6S. The fraction of sp³-hybridized carbons (Fsp3) is 0.393. The fourth-order valence-electron chi connectivity index (χ4n) is 6.14. The standard InChI is InChI=1S/C28H30N6O6S/c1-15-3-2-4-23(30-15)31-28(38)25-16-5-7-18(11-16)34(25)24(35)14-33-13-21(26(29)36)20-12-17(6-10-22(20)33)27(37)32-41(39,40)19-8-9-19/h2-4,6,10,12-13,16,18-19,25H,5,7-9,11,14H2,1H3,(H2,29,36)(H,32,37)(H,30,31,38)/t16-,18+,25?/m0/s1. The Morgan fingerprint density at radius 3 is 2.56 bits per heavy atom. The number of piperidine rings is 1. The summed E-state index contributed by atoms with van der Waals surface area (Å²) in [5, 5.41) is 2.62. The maximum atomic E-state index is 13.7. The lowest BCUT2D eigenvalue weighted by Crippen LogP contribution is -2.51. The number of pyridine rings is 1. The second kappa shape index (κ2) is 9.98. The van der Waals surface area contributed by atoms with Crippen molar-refractivity contribution < 1.29 is 27.6 Å². The number of carbonyl (C=O) groups is 4. The van der Waals surface area contributed by atoms with Gasteiger partial charge in [-0.05, 0) is 75.3 Å². The average Bonchev–Trinajstić information content (AvgIpc) is 3.45. The van der Waals surface area contributed by atoms with Crippen LogP contribution in [-0.4, -0.2) is 63.8 Å². The first-order chi connectivity index (χ1) is 19.5. The van der Waals surface area contributed by atoms with Crippen LogP contribution in [0.15, 0.2) is 42.6 Å². The molecule has 3 aliphatic rings. The zero-order valence-corrected chi connectivity index (χ0v) is 23.2. The number of fused-ring (bicyclic) bond motifs is 3. The van der Waals surface area contributed by atoms with E-state index in [-0.39, 0.29) is 41.4 Å².